The Kier molecular flexibility index (Phi) is 5.57. The summed E-state index contributed by atoms with van der Waals surface area (Å²) < 4.78 is 0. The predicted molar refractivity (Wildman–Crippen MR) is 111 cm³/mol. The lowest BCUT2D eigenvalue weighted by molar-refractivity contribution is -0.114. The van der Waals surface area contributed by atoms with Crippen molar-refractivity contribution >= 4 is 30.0 Å². The van der Waals surface area contributed by atoms with Crippen molar-refractivity contribution in [2.75, 3.05) is 11.1 Å². The number of benzene rings is 1. The van der Waals surface area contributed by atoms with Gasteiger partial charge in [-0.15, -0.1) is 0 Å². The molecule has 0 aliphatic heterocycles. The van der Waals surface area contributed by atoms with Crippen LogP contribution in [-0.4, -0.2) is 20.9 Å². The Labute approximate surface area is 168 Å². The Balaban J connectivity index is 2.06. The zero-order chi connectivity index (χ0) is 20.3. The molecule has 28 heavy (non-hydrogen) atoms. The molecular formula is C20H18N6OS. The molecule has 0 fully saturated rings. The highest BCUT2D eigenvalue weighted by atomic mass is 32.1. The summed E-state index contributed by atoms with van der Waals surface area (Å²) in [5.74, 6) is 0.279. The maximum atomic E-state index is 11.2. The van der Waals surface area contributed by atoms with Gasteiger partial charge in [0.1, 0.15) is 28.5 Å². The molecule has 0 bridgehead atoms. The fourth-order valence-electron chi connectivity index (χ4n) is 2.70. The summed E-state index contributed by atoms with van der Waals surface area (Å²) in [5.41, 5.74) is 9.50. The van der Waals surface area contributed by atoms with Crippen LogP contribution in [-0.2, 0) is 4.79 Å². The average Bonchev–Trinajstić information content (AvgIpc) is 2.67. The van der Waals surface area contributed by atoms with Crippen LogP contribution in [0.2, 0.25) is 0 Å². The lowest BCUT2D eigenvalue weighted by Crippen LogP contribution is -2.09. The van der Waals surface area contributed by atoms with Crippen LogP contribution in [0.25, 0.3) is 11.3 Å². The number of hydrogen-bond donors (Lipinski definition) is 3. The molecule has 3 aromatic rings. The van der Waals surface area contributed by atoms with Gasteiger partial charge in [0.15, 0.2) is 0 Å². The van der Waals surface area contributed by atoms with Crippen LogP contribution in [0.1, 0.15) is 34.9 Å². The minimum Gasteiger partial charge on any atom is -0.382 e. The van der Waals surface area contributed by atoms with Gasteiger partial charge >= 0.3 is 0 Å². The molecule has 1 unspecified atom stereocenters. The molecule has 3 N–H and O–H groups in total. The molecule has 1 aromatic carbocycles. The van der Waals surface area contributed by atoms with Crippen molar-refractivity contribution in [1.82, 2.24) is 15.0 Å². The first-order valence-electron chi connectivity index (χ1n) is 8.46. The van der Waals surface area contributed by atoms with Crippen LogP contribution >= 0.6 is 12.6 Å². The minimum atomic E-state index is -0.493. The second-order valence-electron chi connectivity index (χ2n) is 6.17. The Morgan fingerprint density at radius 3 is 2.50 bits per heavy atom. The zero-order valence-electron chi connectivity index (χ0n) is 15.3. The van der Waals surface area contributed by atoms with Crippen LogP contribution in [0.5, 0.6) is 0 Å². The minimum absolute atomic E-state index is 0.0835. The number of carbonyl (C=O) groups excluding carboxylic acids is 1. The molecule has 0 saturated carbocycles. The Hall–Kier alpha value is -3.44. The SMILES string of the molecule is CC(=O)Nc1ccc(-c2nc(C(S)c3cccc(C)n3)nc(N)c2C#N)cc1. The largest absolute Gasteiger partial charge is 0.382 e. The zero-order valence-corrected chi connectivity index (χ0v) is 16.2. The summed E-state index contributed by atoms with van der Waals surface area (Å²) in [4.78, 5) is 24.5. The normalized spacial score (nSPS) is 11.5. The summed E-state index contributed by atoms with van der Waals surface area (Å²) in [6.07, 6.45) is 0. The van der Waals surface area contributed by atoms with E-state index in [4.69, 9.17) is 5.73 Å². The number of nitriles is 1. The number of thiol groups is 1. The van der Waals surface area contributed by atoms with E-state index in [1.54, 1.807) is 24.3 Å². The van der Waals surface area contributed by atoms with E-state index in [-0.39, 0.29) is 17.3 Å². The van der Waals surface area contributed by atoms with Crippen LogP contribution in [0.4, 0.5) is 11.5 Å². The third kappa shape index (κ3) is 4.10. The number of nitrogens with zero attached hydrogens (tertiary/aromatic N) is 4. The summed E-state index contributed by atoms with van der Waals surface area (Å²) in [6.45, 7) is 3.32. The van der Waals surface area contributed by atoms with Crippen LogP contribution in [0, 0.1) is 18.3 Å². The molecule has 0 aliphatic carbocycles. The summed E-state index contributed by atoms with van der Waals surface area (Å²) in [5, 5.41) is 11.7. The standard InChI is InChI=1S/C20H18N6OS/c1-11-4-3-5-16(23-11)18(28)20-25-17(15(10-21)19(22)26-20)13-6-8-14(9-7-13)24-12(2)27/h3-9,18,28H,1-2H3,(H,24,27)(H2,22,25,26). The van der Waals surface area contributed by atoms with E-state index in [1.165, 1.54) is 6.92 Å². The number of nitrogens with two attached hydrogens (primary N) is 1. The molecule has 1 atom stereocenters. The first kappa shape index (κ1) is 19.3. The van der Waals surface area contributed by atoms with Crippen molar-refractivity contribution in [2.24, 2.45) is 0 Å². The molecule has 0 aliphatic rings. The van der Waals surface area contributed by atoms with Gasteiger partial charge < -0.3 is 11.1 Å². The molecule has 3 rings (SSSR count). The van der Waals surface area contributed by atoms with Gasteiger partial charge in [-0.1, -0.05) is 18.2 Å². The number of aryl methyl sites for hydroxylation is 1. The predicted octanol–water partition coefficient (Wildman–Crippen LogP) is 3.28. The molecule has 7 nitrogen and oxygen atoms in total. The van der Waals surface area contributed by atoms with Crippen LogP contribution in [0.15, 0.2) is 42.5 Å². The van der Waals surface area contributed by atoms with Crippen molar-refractivity contribution in [3.63, 3.8) is 0 Å². The maximum Gasteiger partial charge on any atom is 0.221 e. The molecule has 2 aromatic heterocycles. The number of carbonyl (C=O) groups is 1. The van der Waals surface area contributed by atoms with Gasteiger partial charge in [-0.25, -0.2) is 9.97 Å². The lowest BCUT2D eigenvalue weighted by atomic mass is 10.1. The molecule has 0 radical (unpaired) electrons. The molecule has 0 spiro atoms. The average molecular weight is 390 g/mol. The second-order valence-corrected chi connectivity index (χ2v) is 6.68. The first-order valence-corrected chi connectivity index (χ1v) is 8.98. The topological polar surface area (TPSA) is 118 Å². The fraction of sp³-hybridized carbons (Fsp3) is 0.150. The fourth-order valence-corrected chi connectivity index (χ4v) is 2.96. The molecule has 2 heterocycles. The number of amides is 1. The number of nitrogen functional groups attached to an aromatic ring is 1. The van der Waals surface area contributed by atoms with E-state index in [1.807, 2.05) is 25.1 Å². The highest BCUT2D eigenvalue weighted by Crippen LogP contribution is 2.31. The van der Waals surface area contributed by atoms with Gasteiger partial charge in [-0.3, -0.25) is 9.78 Å². The number of hydrogen-bond acceptors (Lipinski definition) is 7. The van der Waals surface area contributed by atoms with E-state index in [9.17, 15) is 10.1 Å². The van der Waals surface area contributed by atoms with Crippen LogP contribution in [0.3, 0.4) is 0 Å². The summed E-state index contributed by atoms with van der Waals surface area (Å²) >= 11 is 4.61. The van der Waals surface area contributed by atoms with Gasteiger partial charge in [0.05, 0.1) is 11.4 Å². The van der Waals surface area contributed by atoms with Crippen LogP contribution < -0.4 is 11.1 Å². The third-order valence-corrected chi connectivity index (χ3v) is 4.47. The van der Waals surface area contributed by atoms with E-state index in [0.717, 1.165) is 5.69 Å². The van der Waals surface area contributed by atoms with E-state index >= 15 is 0 Å². The smallest absolute Gasteiger partial charge is 0.221 e. The van der Waals surface area contributed by atoms with Crippen molar-refractivity contribution in [2.45, 2.75) is 19.1 Å². The van der Waals surface area contributed by atoms with E-state index in [2.05, 4.69) is 39.0 Å². The number of anilines is 2. The Bertz CT molecular complexity index is 1080. The molecule has 1 amide bonds. The number of nitrogens with one attached hydrogen (secondary N) is 1. The van der Waals surface area contributed by atoms with Crippen molar-refractivity contribution < 1.29 is 4.79 Å². The molecular weight excluding hydrogens is 372 g/mol. The van der Waals surface area contributed by atoms with Crippen molar-refractivity contribution in [3.05, 3.63) is 65.2 Å². The quantitative estimate of drug-likeness (QED) is 0.589. The third-order valence-electron chi connectivity index (χ3n) is 3.98. The highest BCUT2D eigenvalue weighted by Gasteiger charge is 2.20. The summed E-state index contributed by atoms with van der Waals surface area (Å²) in [6, 6.07) is 14.7. The van der Waals surface area contributed by atoms with Gasteiger partial charge in [-0.2, -0.15) is 17.9 Å². The summed E-state index contributed by atoms with van der Waals surface area (Å²) in [7, 11) is 0. The van der Waals surface area contributed by atoms with Gasteiger partial charge in [0.25, 0.3) is 0 Å². The van der Waals surface area contributed by atoms with E-state index < -0.39 is 5.25 Å². The van der Waals surface area contributed by atoms with Gasteiger partial charge in [0, 0.05) is 23.9 Å². The molecule has 8 heteroatoms. The van der Waals surface area contributed by atoms with Crippen molar-refractivity contribution in [1.29, 1.82) is 5.26 Å². The second kappa shape index (κ2) is 8.06. The first-order chi connectivity index (χ1) is 13.4. The Morgan fingerprint density at radius 2 is 1.89 bits per heavy atom. The highest BCUT2D eigenvalue weighted by molar-refractivity contribution is 7.80. The monoisotopic (exact) mass is 390 g/mol. The number of rotatable bonds is 4. The lowest BCUT2D eigenvalue weighted by Gasteiger charge is -2.14. The molecule has 0 saturated heterocycles. The van der Waals surface area contributed by atoms with Gasteiger partial charge in [0.2, 0.25) is 5.91 Å². The van der Waals surface area contributed by atoms with Crippen molar-refractivity contribution in [3.8, 4) is 17.3 Å². The molecule has 140 valence electrons. The van der Waals surface area contributed by atoms with Gasteiger partial charge in [-0.05, 0) is 31.2 Å². The maximum absolute atomic E-state index is 11.2. The number of aromatic nitrogens is 3. The number of pyridine rings is 1. The Morgan fingerprint density at radius 1 is 1.18 bits per heavy atom. The van der Waals surface area contributed by atoms with E-state index in [0.29, 0.717) is 28.5 Å².